The Labute approximate surface area is 138 Å². The fraction of sp³-hybridized carbons (Fsp3) is 0.824. The predicted octanol–water partition coefficient (Wildman–Crippen LogP) is 1.77. The monoisotopic (exact) mass is 319 g/mol. The van der Waals surface area contributed by atoms with Crippen LogP contribution in [0, 0.1) is 25.2 Å². The molecule has 2 N–H and O–H groups in total. The van der Waals surface area contributed by atoms with Gasteiger partial charge in [-0.25, -0.2) is 4.98 Å². The average Bonchev–Trinajstić information content (AvgIpc) is 2.78. The summed E-state index contributed by atoms with van der Waals surface area (Å²) in [4.78, 5) is 6.98. The van der Waals surface area contributed by atoms with E-state index in [0.29, 0.717) is 17.9 Å². The van der Waals surface area contributed by atoms with Gasteiger partial charge in [0, 0.05) is 18.0 Å². The lowest BCUT2D eigenvalue weighted by molar-refractivity contribution is -0.0961. The molecule has 1 aliphatic carbocycles. The predicted molar refractivity (Wildman–Crippen MR) is 90.3 cm³/mol. The highest BCUT2D eigenvalue weighted by Crippen LogP contribution is 2.53. The minimum Gasteiger partial charge on any atom is -0.391 e. The Hall–Kier alpha value is -1.27. The molecule has 128 valence electrons. The molecule has 6 nitrogen and oxygen atoms in total. The highest BCUT2D eigenvalue weighted by molar-refractivity contribution is 5.29. The summed E-state index contributed by atoms with van der Waals surface area (Å²) in [7, 11) is 0. The van der Waals surface area contributed by atoms with Crippen LogP contribution in [-0.2, 0) is 0 Å². The zero-order chi connectivity index (χ0) is 16.8. The van der Waals surface area contributed by atoms with Gasteiger partial charge in [0.15, 0.2) is 0 Å². The highest BCUT2D eigenvalue weighted by Gasteiger charge is 2.58. The molecule has 1 aromatic heterocycles. The Morgan fingerprint density at radius 1 is 1.26 bits per heavy atom. The summed E-state index contributed by atoms with van der Waals surface area (Å²) in [6.07, 6.45) is 1.49. The smallest absolute Gasteiger partial charge is 0.243 e. The molecule has 2 fully saturated rings. The topological polar surface area (TPSA) is 74.2 Å². The molecule has 0 amide bonds. The van der Waals surface area contributed by atoms with Crippen molar-refractivity contribution in [3.05, 3.63) is 11.4 Å². The third-order valence-electron chi connectivity index (χ3n) is 5.69. The Morgan fingerprint density at radius 2 is 2.00 bits per heavy atom. The summed E-state index contributed by atoms with van der Waals surface area (Å²) in [6, 6.07) is 0.576. The number of hydrogen-bond donors (Lipinski definition) is 2. The molecular weight excluding hydrogens is 290 g/mol. The molecule has 1 saturated heterocycles. The minimum absolute atomic E-state index is 0.0131. The van der Waals surface area contributed by atoms with E-state index in [1.54, 1.807) is 0 Å². The number of hydrogen-bond acceptors (Lipinski definition) is 6. The maximum absolute atomic E-state index is 10.6. The van der Waals surface area contributed by atoms with E-state index in [0.717, 1.165) is 37.3 Å². The molecule has 0 aromatic carbocycles. The Bertz CT molecular complexity index is 578. The number of aromatic nitrogens is 3. The number of nitrogens with zero attached hydrogens (tertiary/aromatic N) is 4. The molecule has 0 bridgehead atoms. The normalized spacial score (nSPS) is 34.1. The molecule has 2 unspecified atom stereocenters. The van der Waals surface area contributed by atoms with Crippen molar-refractivity contribution in [1.82, 2.24) is 20.1 Å². The molecule has 2 aliphatic rings. The Morgan fingerprint density at radius 3 is 2.61 bits per heavy atom. The van der Waals surface area contributed by atoms with Crippen molar-refractivity contribution in [2.75, 3.05) is 18.4 Å². The SMILES string of the molecule is CCN1CC2(C[C@@H](O)[C@H](Nc3nnc(C)c(C)n3)C2)C1C(C)C. The number of aliphatic hydroxyl groups is 1. The zero-order valence-corrected chi connectivity index (χ0v) is 14.9. The van der Waals surface area contributed by atoms with E-state index in [9.17, 15) is 5.11 Å². The molecule has 4 atom stereocenters. The van der Waals surface area contributed by atoms with Crippen molar-refractivity contribution >= 4 is 5.95 Å². The van der Waals surface area contributed by atoms with Crippen LogP contribution in [0.1, 0.15) is 45.0 Å². The van der Waals surface area contributed by atoms with Gasteiger partial charge in [0.05, 0.1) is 23.5 Å². The highest BCUT2D eigenvalue weighted by atomic mass is 16.3. The quantitative estimate of drug-likeness (QED) is 0.881. The first-order chi connectivity index (χ1) is 10.9. The number of rotatable bonds is 4. The first-order valence-corrected chi connectivity index (χ1v) is 8.73. The molecular formula is C17H29N5O. The maximum atomic E-state index is 10.6. The van der Waals surface area contributed by atoms with Crippen LogP contribution in [0.15, 0.2) is 0 Å². The fourth-order valence-electron chi connectivity index (χ4n) is 4.73. The van der Waals surface area contributed by atoms with Gasteiger partial charge in [-0.05, 0) is 39.2 Å². The average molecular weight is 319 g/mol. The van der Waals surface area contributed by atoms with Gasteiger partial charge in [0.1, 0.15) is 0 Å². The summed E-state index contributed by atoms with van der Waals surface area (Å²) >= 11 is 0. The number of likely N-dealkylation sites (tertiary alicyclic amines) is 1. The van der Waals surface area contributed by atoms with Crippen molar-refractivity contribution in [3.8, 4) is 0 Å². The molecule has 1 saturated carbocycles. The van der Waals surface area contributed by atoms with Gasteiger partial charge in [-0.3, -0.25) is 4.90 Å². The molecule has 1 aromatic rings. The van der Waals surface area contributed by atoms with Crippen LogP contribution < -0.4 is 5.32 Å². The third kappa shape index (κ3) is 2.83. The van der Waals surface area contributed by atoms with Gasteiger partial charge in [-0.1, -0.05) is 20.8 Å². The van der Waals surface area contributed by atoms with Gasteiger partial charge in [-0.2, -0.15) is 5.10 Å². The first-order valence-electron chi connectivity index (χ1n) is 8.73. The van der Waals surface area contributed by atoms with Crippen LogP contribution in [0.25, 0.3) is 0 Å². The lowest BCUT2D eigenvalue weighted by Crippen LogP contribution is -2.65. The van der Waals surface area contributed by atoms with E-state index in [4.69, 9.17) is 0 Å². The van der Waals surface area contributed by atoms with E-state index < -0.39 is 0 Å². The van der Waals surface area contributed by atoms with Gasteiger partial charge in [0.25, 0.3) is 0 Å². The van der Waals surface area contributed by atoms with E-state index in [-0.39, 0.29) is 17.6 Å². The Kier molecular flexibility index (Phi) is 4.31. The molecule has 1 aliphatic heterocycles. The lowest BCUT2D eigenvalue weighted by atomic mass is 9.65. The summed E-state index contributed by atoms with van der Waals surface area (Å²) in [5.74, 6) is 1.14. The lowest BCUT2D eigenvalue weighted by Gasteiger charge is -2.58. The molecule has 6 heteroatoms. The second-order valence-electron chi connectivity index (χ2n) is 7.65. The van der Waals surface area contributed by atoms with Crippen LogP contribution in [0.3, 0.4) is 0 Å². The largest absolute Gasteiger partial charge is 0.391 e. The molecule has 23 heavy (non-hydrogen) atoms. The summed E-state index contributed by atoms with van der Waals surface area (Å²) in [5.41, 5.74) is 1.95. The van der Waals surface area contributed by atoms with Crippen molar-refractivity contribution < 1.29 is 5.11 Å². The number of aryl methyl sites for hydroxylation is 2. The number of nitrogens with one attached hydrogen (secondary N) is 1. The van der Waals surface area contributed by atoms with Crippen molar-refractivity contribution in [2.24, 2.45) is 11.3 Å². The van der Waals surface area contributed by atoms with Gasteiger partial charge in [-0.15, -0.1) is 5.10 Å². The van der Waals surface area contributed by atoms with E-state index in [1.807, 2.05) is 13.8 Å². The second kappa shape index (κ2) is 5.98. The maximum Gasteiger partial charge on any atom is 0.243 e. The van der Waals surface area contributed by atoms with E-state index in [2.05, 4.69) is 46.2 Å². The summed E-state index contributed by atoms with van der Waals surface area (Å²) in [6.45, 7) is 12.8. The second-order valence-corrected chi connectivity index (χ2v) is 7.65. The number of aliphatic hydroxyl groups excluding tert-OH is 1. The van der Waals surface area contributed by atoms with Crippen LogP contribution in [0.4, 0.5) is 5.95 Å². The first kappa shape index (κ1) is 16.6. The van der Waals surface area contributed by atoms with Crippen molar-refractivity contribution in [3.63, 3.8) is 0 Å². The molecule has 1 spiro atoms. The molecule has 2 heterocycles. The summed E-state index contributed by atoms with van der Waals surface area (Å²) in [5, 5.41) is 22.1. The van der Waals surface area contributed by atoms with Gasteiger partial charge >= 0.3 is 0 Å². The van der Waals surface area contributed by atoms with Crippen LogP contribution >= 0.6 is 0 Å². The zero-order valence-electron chi connectivity index (χ0n) is 14.9. The standard InChI is InChI=1S/C17H29N5O/c1-6-22-9-17(15(22)10(2)3)7-13(14(23)8-17)19-16-18-11(4)12(5)20-21-16/h10,13-15,23H,6-9H2,1-5H3,(H,18,19,21)/t13-,14-,15?,17?/m1/s1. The van der Waals surface area contributed by atoms with E-state index in [1.165, 1.54) is 0 Å². The van der Waals surface area contributed by atoms with E-state index >= 15 is 0 Å². The van der Waals surface area contributed by atoms with Crippen molar-refractivity contribution in [2.45, 2.75) is 65.6 Å². The van der Waals surface area contributed by atoms with Gasteiger partial charge in [0.2, 0.25) is 5.95 Å². The molecule has 3 rings (SSSR count). The number of anilines is 1. The third-order valence-corrected chi connectivity index (χ3v) is 5.69. The molecule has 0 radical (unpaired) electrons. The minimum atomic E-state index is -0.347. The fourth-order valence-corrected chi connectivity index (χ4v) is 4.73. The van der Waals surface area contributed by atoms with Crippen molar-refractivity contribution in [1.29, 1.82) is 0 Å². The van der Waals surface area contributed by atoms with Crippen LogP contribution in [0.2, 0.25) is 0 Å². The summed E-state index contributed by atoms with van der Waals surface area (Å²) < 4.78 is 0. The van der Waals surface area contributed by atoms with Crippen LogP contribution in [-0.4, -0.2) is 56.5 Å². The van der Waals surface area contributed by atoms with Gasteiger partial charge < -0.3 is 10.4 Å². The van der Waals surface area contributed by atoms with Crippen LogP contribution in [0.5, 0.6) is 0 Å². The Balaban J connectivity index is 1.72.